The molecule has 0 saturated heterocycles. The molecule has 2 aromatic heterocycles. The normalized spacial score (nSPS) is 13.6. The van der Waals surface area contributed by atoms with Crippen LogP contribution in [0.1, 0.15) is 23.8 Å². The van der Waals surface area contributed by atoms with Crippen molar-refractivity contribution in [2.45, 2.75) is 25.4 Å². The van der Waals surface area contributed by atoms with Crippen LogP contribution in [0.4, 0.5) is 5.69 Å². The Balaban J connectivity index is 1.36. The molecule has 0 unspecified atom stereocenters. The molecule has 2 N–H and O–H groups in total. The summed E-state index contributed by atoms with van der Waals surface area (Å²) in [7, 11) is 0. The summed E-state index contributed by atoms with van der Waals surface area (Å²) >= 11 is 1.63. The molecule has 1 saturated carbocycles. The monoisotopic (exact) mass is 354 g/mol. The van der Waals surface area contributed by atoms with E-state index in [9.17, 15) is 4.79 Å². The van der Waals surface area contributed by atoms with Crippen molar-refractivity contribution in [3.05, 3.63) is 46.7 Å². The quantitative estimate of drug-likeness (QED) is 0.681. The third-order valence-electron chi connectivity index (χ3n) is 4.00. The minimum Gasteiger partial charge on any atom is -0.376 e. The number of tetrazole rings is 1. The highest BCUT2D eigenvalue weighted by molar-refractivity contribution is 7.09. The average molecular weight is 354 g/mol. The van der Waals surface area contributed by atoms with E-state index in [1.165, 1.54) is 0 Å². The lowest BCUT2D eigenvalue weighted by atomic mass is 10.2. The Bertz CT molecular complexity index is 856. The number of nitrogens with one attached hydrogen (secondary N) is 2. The van der Waals surface area contributed by atoms with Gasteiger partial charge in [-0.2, -0.15) is 0 Å². The van der Waals surface area contributed by atoms with Crippen molar-refractivity contribution in [3.8, 4) is 11.4 Å². The number of aromatic nitrogens is 4. The smallest absolute Gasteiger partial charge is 0.239 e. The SMILES string of the molecule is O=C(CNc1cccc(-c2nnnn2C2CC2)c1)NCc1cccs1. The lowest BCUT2D eigenvalue weighted by molar-refractivity contribution is -0.119. The Morgan fingerprint density at radius 2 is 2.20 bits per heavy atom. The van der Waals surface area contributed by atoms with Crippen LogP contribution in [0.15, 0.2) is 41.8 Å². The molecule has 0 aliphatic heterocycles. The second kappa shape index (κ2) is 7.02. The molecular weight excluding hydrogens is 336 g/mol. The van der Waals surface area contributed by atoms with Crippen LogP contribution in [0, 0.1) is 0 Å². The van der Waals surface area contributed by atoms with E-state index in [2.05, 4.69) is 26.2 Å². The maximum atomic E-state index is 12.0. The first-order valence-electron chi connectivity index (χ1n) is 8.21. The summed E-state index contributed by atoms with van der Waals surface area (Å²) in [5.41, 5.74) is 1.81. The Morgan fingerprint density at radius 3 is 3.00 bits per heavy atom. The fourth-order valence-electron chi connectivity index (χ4n) is 2.56. The van der Waals surface area contributed by atoms with Crippen LogP contribution < -0.4 is 10.6 Å². The largest absolute Gasteiger partial charge is 0.376 e. The molecule has 3 aromatic rings. The molecule has 1 aromatic carbocycles. The van der Waals surface area contributed by atoms with Crippen molar-refractivity contribution in [2.24, 2.45) is 0 Å². The number of carbonyl (C=O) groups excluding carboxylic acids is 1. The molecular formula is C17H18N6OS. The topological polar surface area (TPSA) is 84.7 Å². The first-order valence-corrected chi connectivity index (χ1v) is 9.09. The average Bonchev–Trinajstić information content (AvgIpc) is 3.14. The molecule has 0 radical (unpaired) electrons. The third kappa shape index (κ3) is 3.85. The third-order valence-corrected chi connectivity index (χ3v) is 4.88. The van der Waals surface area contributed by atoms with E-state index in [0.717, 1.165) is 34.8 Å². The molecule has 1 aliphatic rings. The van der Waals surface area contributed by atoms with Crippen molar-refractivity contribution >= 4 is 22.9 Å². The number of nitrogens with zero attached hydrogens (tertiary/aromatic N) is 4. The molecule has 7 nitrogen and oxygen atoms in total. The second-order valence-electron chi connectivity index (χ2n) is 5.97. The number of anilines is 1. The minimum atomic E-state index is -0.0402. The molecule has 1 amide bonds. The molecule has 128 valence electrons. The van der Waals surface area contributed by atoms with E-state index in [0.29, 0.717) is 12.6 Å². The molecule has 1 fully saturated rings. The highest BCUT2D eigenvalue weighted by atomic mass is 32.1. The molecule has 0 atom stereocenters. The number of hydrogen-bond acceptors (Lipinski definition) is 6. The van der Waals surface area contributed by atoms with E-state index in [-0.39, 0.29) is 12.5 Å². The minimum absolute atomic E-state index is 0.0402. The van der Waals surface area contributed by atoms with Crippen LogP contribution in [-0.4, -0.2) is 32.7 Å². The van der Waals surface area contributed by atoms with Crippen molar-refractivity contribution in [1.29, 1.82) is 0 Å². The number of benzene rings is 1. The number of rotatable bonds is 7. The van der Waals surface area contributed by atoms with Gasteiger partial charge in [0.15, 0.2) is 5.82 Å². The van der Waals surface area contributed by atoms with Gasteiger partial charge in [-0.05, 0) is 46.8 Å². The van der Waals surface area contributed by atoms with Crippen LogP contribution in [0.25, 0.3) is 11.4 Å². The lowest BCUT2D eigenvalue weighted by Gasteiger charge is -2.09. The molecule has 4 rings (SSSR count). The van der Waals surface area contributed by atoms with Crippen molar-refractivity contribution in [3.63, 3.8) is 0 Å². The number of carbonyl (C=O) groups is 1. The second-order valence-corrected chi connectivity index (χ2v) is 7.00. The summed E-state index contributed by atoms with van der Waals surface area (Å²) in [5, 5.41) is 20.1. The van der Waals surface area contributed by atoms with Gasteiger partial charge in [-0.1, -0.05) is 18.2 Å². The van der Waals surface area contributed by atoms with Crippen LogP contribution >= 0.6 is 11.3 Å². The lowest BCUT2D eigenvalue weighted by Crippen LogP contribution is -2.29. The molecule has 25 heavy (non-hydrogen) atoms. The van der Waals surface area contributed by atoms with Gasteiger partial charge < -0.3 is 10.6 Å². The Labute approximate surface area is 149 Å². The summed E-state index contributed by atoms with van der Waals surface area (Å²) in [6, 6.07) is 12.2. The zero-order valence-corrected chi connectivity index (χ0v) is 14.4. The van der Waals surface area contributed by atoms with Gasteiger partial charge in [0.2, 0.25) is 5.91 Å². The fourth-order valence-corrected chi connectivity index (χ4v) is 3.21. The van der Waals surface area contributed by atoms with Gasteiger partial charge in [-0.15, -0.1) is 16.4 Å². The standard InChI is InChI=1S/C17H18N6OS/c24-16(19-10-15-5-2-8-25-15)11-18-13-4-1-3-12(9-13)17-20-21-22-23(17)14-6-7-14/h1-5,8-9,14,18H,6-7,10-11H2,(H,19,24). The van der Waals surface area contributed by atoms with E-state index < -0.39 is 0 Å². The van der Waals surface area contributed by atoms with Gasteiger partial charge in [-0.3, -0.25) is 4.79 Å². The van der Waals surface area contributed by atoms with Gasteiger partial charge in [-0.25, -0.2) is 4.68 Å². The molecule has 0 spiro atoms. The van der Waals surface area contributed by atoms with Gasteiger partial charge in [0.1, 0.15) is 0 Å². The first-order chi connectivity index (χ1) is 12.3. The predicted octanol–water partition coefficient (Wildman–Crippen LogP) is 2.46. The van der Waals surface area contributed by atoms with Crippen molar-refractivity contribution in [2.75, 3.05) is 11.9 Å². The Morgan fingerprint density at radius 1 is 1.28 bits per heavy atom. The van der Waals surface area contributed by atoms with Crippen LogP contribution in [0.5, 0.6) is 0 Å². The highest BCUT2D eigenvalue weighted by Gasteiger charge is 2.28. The Hall–Kier alpha value is -2.74. The molecule has 1 aliphatic carbocycles. The van der Waals surface area contributed by atoms with Gasteiger partial charge in [0.05, 0.1) is 19.1 Å². The first kappa shape index (κ1) is 15.8. The fraction of sp³-hybridized carbons (Fsp3) is 0.294. The molecule has 0 bridgehead atoms. The van der Waals surface area contributed by atoms with Crippen LogP contribution in [-0.2, 0) is 11.3 Å². The molecule has 2 heterocycles. The van der Waals surface area contributed by atoms with Crippen molar-refractivity contribution < 1.29 is 4.79 Å². The van der Waals surface area contributed by atoms with Crippen LogP contribution in [0.2, 0.25) is 0 Å². The van der Waals surface area contributed by atoms with E-state index >= 15 is 0 Å². The maximum absolute atomic E-state index is 12.0. The summed E-state index contributed by atoms with van der Waals surface area (Å²) in [4.78, 5) is 13.1. The van der Waals surface area contributed by atoms with E-state index in [4.69, 9.17) is 0 Å². The summed E-state index contributed by atoms with van der Waals surface area (Å²) in [6.45, 7) is 0.788. The number of amides is 1. The Kier molecular flexibility index (Phi) is 4.43. The summed E-state index contributed by atoms with van der Waals surface area (Å²) < 4.78 is 1.88. The van der Waals surface area contributed by atoms with E-state index in [1.54, 1.807) is 11.3 Å². The van der Waals surface area contributed by atoms with Crippen molar-refractivity contribution in [1.82, 2.24) is 25.5 Å². The zero-order valence-electron chi connectivity index (χ0n) is 13.6. The number of thiophene rings is 1. The van der Waals surface area contributed by atoms with Crippen LogP contribution in [0.3, 0.4) is 0 Å². The number of hydrogen-bond donors (Lipinski definition) is 2. The van der Waals surface area contributed by atoms with Gasteiger partial charge >= 0.3 is 0 Å². The summed E-state index contributed by atoms with van der Waals surface area (Å²) in [6.07, 6.45) is 2.25. The summed E-state index contributed by atoms with van der Waals surface area (Å²) in [5.74, 6) is 0.731. The maximum Gasteiger partial charge on any atom is 0.239 e. The van der Waals surface area contributed by atoms with Gasteiger partial charge in [0, 0.05) is 16.1 Å². The molecule has 8 heteroatoms. The zero-order chi connectivity index (χ0) is 17.1. The van der Waals surface area contributed by atoms with Gasteiger partial charge in [0.25, 0.3) is 0 Å². The highest BCUT2D eigenvalue weighted by Crippen LogP contribution is 2.36. The van der Waals surface area contributed by atoms with E-state index in [1.807, 2.05) is 46.5 Å². The predicted molar refractivity (Wildman–Crippen MR) is 96.2 cm³/mol.